The van der Waals surface area contributed by atoms with Gasteiger partial charge in [-0.15, -0.1) is 10.2 Å². The highest BCUT2D eigenvalue weighted by Gasteiger charge is 2.16. The normalized spacial score (nSPS) is 12.6. The lowest BCUT2D eigenvalue weighted by atomic mass is 10.0. The van der Waals surface area contributed by atoms with E-state index in [0.29, 0.717) is 17.8 Å². The van der Waals surface area contributed by atoms with E-state index in [-0.39, 0.29) is 11.9 Å². The quantitative estimate of drug-likeness (QED) is 0.853. The van der Waals surface area contributed by atoms with E-state index in [9.17, 15) is 4.39 Å². The molecule has 0 amide bonds. The van der Waals surface area contributed by atoms with Crippen molar-refractivity contribution in [2.24, 2.45) is 7.05 Å². The molecule has 6 heteroatoms. The predicted molar refractivity (Wildman–Crippen MR) is 60.7 cm³/mol. The molecule has 1 unspecified atom stereocenters. The summed E-state index contributed by atoms with van der Waals surface area (Å²) < 4.78 is 13.6. The van der Waals surface area contributed by atoms with E-state index < -0.39 is 0 Å². The highest BCUT2D eigenvalue weighted by molar-refractivity contribution is 5.21. The minimum absolute atomic E-state index is 0.152. The van der Waals surface area contributed by atoms with E-state index in [2.05, 4.69) is 20.7 Å². The molecule has 0 fully saturated rings. The highest BCUT2D eigenvalue weighted by Crippen LogP contribution is 2.19. The SMILES string of the molecule is CNC(Cc1nnn(C)n1)c1ccccc1F. The number of aromatic nitrogens is 4. The topological polar surface area (TPSA) is 55.6 Å². The van der Waals surface area contributed by atoms with Gasteiger partial charge >= 0.3 is 0 Å². The number of likely N-dealkylation sites (N-methyl/N-ethyl adjacent to an activating group) is 1. The second-order valence-electron chi connectivity index (χ2n) is 3.76. The number of nitrogens with one attached hydrogen (secondary N) is 1. The number of benzene rings is 1. The molecule has 0 aliphatic rings. The van der Waals surface area contributed by atoms with E-state index in [1.807, 2.05) is 6.07 Å². The van der Waals surface area contributed by atoms with E-state index in [1.54, 1.807) is 26.2 Å². The number of rotatable bonds is 4. The summed E-state index contributed by atoms with van der Waals surface area (Å²) in [6, 6.07) is 6.54. The van der Waals surface area contributed by atoms with Crippen molar-refractivity contribution >= 4 is 0 Å². The van der Waals surface area contributed by atoms with Gasteiger partial charge in [0, 0.05) is 18.0 Å². The summed E-state index contributed by atoms with van der Waals surface area (Å²) in [4.78, 5) is 1.39. The Hall–Kier alpha value is -1.82. The molecule has 2 rings (SSSR count). The summed E-state index contributed by atoms with van der Waals surface area (Å²) in [5, 5.41) is 14.8. The van der Waals surface area contributed by atoms with Crippen molar-refractivity contribution in [3.63, 3.8) is 0 Å². The molecule has 0 bridgehead atoms. The molecule has 1 N–H and O–H groups in total. The van der Waals surface area contributed by atoms with Crippen LogP contribution in [0.5, 0.6) is 0 Å². The second-order valence-corrected chi connectivity index (χ2v) is 3.76. The number of hydrogen-bond donors (Lipinski definition) is 1. The molecule has 1 aromatic heterocycles. The van der Waals surface area contributed by atoms with Crippen molar-refractivity contribution in [3.05, 3.63) is 41.5 Å². The summed E-state index contributed by atoms with van der Waals surface area (Å²) in [5.74, 6) is 0.367. The first-order chi connectivity index (χ1) is 8.20. The minimum Gasteiger partial charge on any atom is -0.313 e. The van der Waals surface area contributed by atoms with E-state index in [4.69, 9.17) is 0 Å². The molecule has 2 aromatic rings. The molecule has 1 aromatic carbocycles. The number of nitrogens with zero attached hydrogens (tertiary/aromatic N) is 4. The van der Waals surface area contributed by atoms with Crippen molar-refractivity contribution in [3.8, 4) is 0 Å². The molecule has 0 saturated heterocycles. The lowest BCUT2D eigenvalue weighted by Gasteiger charge is -2.15. The molecular weight excluding hydrogens is 221 g/mol. The van der Waals surface area contributed by atoms with Crippen molar-refractivity contribution < 1.29 is 4.39 Å². The van der Waals surface area contributed by atoms with Crippen LogP contribution in [0.15, 0.2) is 24.3 Å². The first kappa shape index (κ1) is 11.7. The van der Waals surface area contributed by atoms with Crippen molar-refractivity contribution in [2.45, 2.75) is 12.5 Å². The van der Waals surface area contributed by atoms with Gasteiger partial charge in [0.05, 0.1) is 7.05 Å². The van der Waals surface area contributed by atoms with Gasteiger partial charge in [-0.3, -0.25) is 0 Å². The van der Waals surface area contributed by atoms with Crippen LogP contribution in [-0.4, -0.2) is 27.3 Å². The Morgan fingerprint density at radius 3 is 2.76 bits per heavy atom. The van der Waals surface area contributed by atoms with Crippen LogP contribution in [-0.2, 0) is 13.5 Å². The minimum atomic E-state index is -0.226. The fraction of sp³-hybridized carbons (Fsp3) is 0.364. The molecule has 90 valence electrons. The number of tetrazole rings is 1. The van der Waals surface area contributed by atoms with Gasteiger partial charge in [-0.05, 0) is 18.3 Å². The van der Waals surface area contributed by atoms with Crippen molar-refractivity contribution in [2.75, 3.05) is 7.05 Å². The van der Waals surface area contributed by atoms with Crippen LogP contribution in [0.3, 0.4) is 0 Å². The van der Waals surface area contributed by atoms with Gasteiger partial charge in [-0.1, -0.05) is 18.2 Å². The van der Waals surface area contributed by atoms with E-state index >= 15 is 0 Å². The zero-order valence-electron chi connectivity index (χ0n) is 9.76. The molecule has 1 atom stereocenters. The Bertz CT molecular complexity index is 496. The highest BCUT2D eigenvalue weighted by atomic mass is 19.1. The molecule has 0 aliphatic heterocycles. The third-order valence-corrected chi connectivity index (χ3v) is 2.57. The maximum absolute atomic E-state index is 13.6. The smallest absolute Gasteiger partial charge is 0.176 e. The van der Waals surface area contributed by atoms with Crippen LogP contribution < -0.4 is 5.32 Å². The summed E-state index contributed by atoms with van der Waals surface area (Å²) in [5.41, 5.74) is 0.613. The summed E-state index contributed by atoms with van der Waals surface area (Å²) in [6.07, 6.45) is 0.505. The van der Waals surface area contributed by atoms with Crippen LogP contribution in [0.4, 0.5) is 4.39 Å². The lowest BCUT2D eigenvalue weighted by molar-refractivity contribution is 0.524. The van der Waals surface area contributed by atoms with Crippen molar-refractivity contribution in [1.29, 1.82) is 0 Å². The van der Waals surface area contributed by atoms with Gasteiger partial charge in [0.25, 0.3) is 0 Å². The maximum Gasteiger partial charge on any atom is 0.176 e. The van der Waals surface area contributed by atoms with Gasteiger partial charge < -0.3 is 5.32 Å². The van der Waals surface area contributed by atoms with Gasteiger partial charge in [0.1, 0.15) is 5.82 Å². The Labute approximate surface area is 98.6 Å². The largest absolute Gasteiger partial charge is 0.313 e. The molecule has 17 heavy (non-hydrogen) atoms. The molecule has 0 spiro atoms. The molecule has 5 nitrogen and oxygen atoms in total. The summed E-state index contributed by atoms with van der Waals surface area (Å²) in [6.45, 7) is 0. The average molecular weight is 235 g/mol. The molecule has 0 radical (unpaired) electrons. The maximum atomic E-state index is 13.6. The standard InChI is InChI=1S/C11H14FN5/c1-13-10(7-11-14-16-17(2)15-11)8-5-3-4-6-9(8)12/h3-6,10,13H,7H2,1-2H3. The van der Waals surface area contributed by atoms with E-state index in [1.165, 1.54) is 10.9 Å². The van der Waals surface area contributed by atoms with Gasteiger partial charge in [0.15, 0.2) is 5.82 Å². The van der Waals surface area contributed by atoms with Gasteiger partial charge in [-0.2, -0.15) is 4.80 Å². The fourth-order valence-corrected chi connectivity index (χ4v) is 1.71. The zero-order chi connectivity index (χ0) is 12.3. The Morgan fingerprint density at radius 2 is 2.18 bits per heavy atom. The van der Waals surface area contributed by atoms with Crippen LogP contribution >= 0.6 is 0 Å². The summed E-state index contributed by atoms with van der Waals surface area (Å²) in [7, 11) is 3.49. The average Bonchev–Trinajstić information content (AvgIpc) is 2.73. The van der Waals surface area contributed by atoms with Crippen LogP contribution in [0.25, 0.3) is 0 Å². The molecule has 0 saturated carbocycles. The molecule has 0 aliphatic carbocycles. The summed E-state index contributed by atoms with van der Waals surface area (Å²) >= 11 is 0. The third kappa shape index (κ3) is 2.65. The van der Waals surface area contributed by atoms with Crippen LogP contribution in [0.1, 0.15) is 17.4 Å². The first-order valence-electron chi connectivity index (χ1n) is 5.35. The van der Waals surface area contributed by atoms with Gasteiger partial charge in [0.2, 0.25) is 0 Å². The molecular formula is C11H14FN5. The predicted octanol–water partition coefficient (Wildman–Crippen LogP) is 0.852. The number of hydrogen-bond acceptors (Lipinski definition) is 4. The number of aryl methyl sites for hydroxylation is 1. The lowest BCUT2D eigenvalue weighted by Crippen LogP contribution is -2.20. The fourth-order valence-electron chi connectivity index (χ4n) is 1.71. The van der Waals surface area contributed by atoms with E-state index in [0.717, 1.165) is 0 Å². The second kappa shape index (κ2) is 5.01. The van der Waals surface area contributed by atoms with Crippen LogP contribution in [0.2, 0.25) is 0 Å². The van der Waals surface area contributed by atoms with Crippen LogP contribution in [0, 0.1) is 5.82 Å². The monoisotopic (exact) mass is 235 g/mol. The Morgan fingerprint density at radius 1 is 1.41 bits per heavy atom. The Balaban J connectivity index is 2.20. The number of halogens is 1. The van der Waals surface area contributed by atoms with Gasteiger partial charge in [-0.25, -0.2) is 4.39 Å². The van der Waals surface area contributed by atoms with Crippen molar-refractivity contribution in [1.82, 2.24) is 25.5 Å². The first-order valence-corrected chi connectivity index (χ1v) is 5.35. The molecule has 1 heterocycles. The third-order valence-electron chi connectivity index (χ3n) is 2.57. The Kier molecular flexibility index (Phi) is 3.43. The zero-order valence-corrected chi connectivity index (χ0v) is 9.76.